The quantitative estimate of drug-likeness (QED) is 0.801. The Morgan fingerprint density at radius 1 is 1.60 bits per heavy atom. The lowest BCUT2D eigenvalue weighted by molar-refractivity contribution is 0.350. The van der Waals surface area contributed by atoms with Crippen LogP contribution in [0.1, 0.15) is 11.1 Å². The third kappa shape index (κ3) is 2.27. The van der Waals surface area contributed by atoms with Crippen LogP contribution < -0.4 is 10.5 Å². The molecule has 0 aromatic heterocycles. The van der Waals surface area contributed by atoms with Gasteiger partial charge in [0, 0.05) is 12.1 Å². The minimum Gasteiger partial charge on any atom is -0.504 e. The van der Waals surface area contributed by atoms with Crippen molar-refractivity contribution in [3.63, 3.8) is 0 Å². The summed E-state index contributed by atoms with van der Waals surface area (Å²) in [7, 11) is 1.31. The molecule has 0 saturated heterocycles. The summed E-state index contributed by atoms with van der Waals surface area (Å²) in [4.78, 5) is 0. The first kappa shape index (κ1) is 11.5. The van der Waals surface area contributed by atoms with E-state index in [0.717, 1.165) is 0 Å². The SMILES string of the molecule is COc1c(F)cc(C)c(/C=C/CN)c1O. The van der Waals surface area contributed by atoms with Crippen molar-refractivity contribution in [1.29, 1.82) is 0 Å². The van der Waals surface area contributed by atoms with Crippen LogP contribution in [-0.2, 0) is 0 Å². The van der Waals surface area contributed by atoms with Gasteiger partial charge in [-0.3, -0.25) is 0 Å². The summed E-state index contributed by atoms with van der Waals surface area (Å²) in [5, 5.41) is 9.72. The fraction of sp³-hybridized carbons (Fsp3) is 0.273. The summed E-state index contributed by atoms with van der Waals surface area (Å²) in [6.45, 7) is 2.07. The van der Waals surface area contributed by atoms with Crippen LogP contribution in [-0.4, -0.2) is 18.8 Å². The third-order valence-corrected chi connectivity index (χ3v) is 2.08. The molecule has 0 spiro atoms. The number of hydrogen-bond donors (Lipinski definition) is 2. The van der Waals surface area contributed by atoms with Gasteiger partial charge in [0.2, 0.25) is 0 Å². The molecule has 1 aromatic rings. The number of phenols is 1. The van der Waals surface area contributed by atoms with Gasteiger partial charge in [-0.25, -0.2) is 4.39 Å². The van der Waals surface area contributed by atoms with Gasteiger partial charge >= 0.3 is 0 Å². The van der Waals surface area contributed by atoms with E-state index in [9.17, 15) is 9.50 Å². The second kappa shape index (κ2) is 4.79. The number of aromatic hydroxyl groups is 1. The lowest BCUT2D eigenvalue weighted by Crippen LogP contribution is -1.95. The normalized spacial score (nSPS) is 10.9. The van der Waals surface area contributed by atoms with Crippen molar-refractivity contribution in [3.05, 3.63) is 29.1 Å². The molecule has 0 unspecified atom stereocenters. The Morgan fingerprint density at radius 2 is 2.27 bits per heavy atom. The molecule has 0 heterocycles. The second-order valence-electron chi connectivity index (χ2n) is 3.11. The first-order chi connectivity index (χ1) is 7.11. The van der Waals surface area contributed by atoms with Gasteiger partial charge in [-0.2, -0.15) is 0 Å². The molecule has 4 heteroatoms. The van der Waals surface area contributed by atoms with E-state index in [4.69, 9.17) is 10.5 Å². The molecule has 0 fully saturated rings. The topological polar surface area (TPSA) is 55.5 Å². The number of methoxy groups -OCH3 is 1. The fourth-order valence-electron chi connectivity index (χ4n) is 1.35. The van der Waals surface area contributed by atoms with Crippen LogP contribution in [0.3, 0.4) is 0 Å². The first-order valence-electron chi connectivity index (χ1n) is 4.54. The molecule has 15 heavy (non-hydrogen) atoms. The van der Waals surface area contributed by atoms with Crippen LogP contribution in [0.2, 0.25) is 0 Å². The Hall–Kier alpha value is -1.55. The van der Waals surface area contributed by atoms with Crippen molar-refractivity contribution in [1.82, 2.24) is 0 Å². The largest absolute Gasteiger partial charge is 0.504 e. The Bertz CT molecular complexity index is 389. The Labute approximate surface area is 88.0 Å². The maximum atomic E-state index is 13.3. The molecule has 3 N–H and O–H groups in total. The molecular formula is C11H14FNO2. The number of rotatable bonds is 3. The minimum atomic E-state index is -0.572. The van der Waals surface area contributed by atoms with Gasteiger partial charge in [0.05, 0.1) is 7.11 Å². The molecular weight excluding hydrogens is 197 g/mol. The van der Waals surface area contributed by atoms with Gasteiger partial charge in [0.25, 0.3) is 0 Å². The van der Waals surface area contributed by atoms with Gasteiger partial charge in [-0.1, -0.05) is 12.2 Å². The molecule has 0 amide bonds. The highest BCUT2D eigenvalue weighted by atomic mass is 19.1. The zero-order chi connectivity index (χ0) is 11.4. The van der Waals surface area contributed by atoms with Crippen molar-refractivity contribution in [2.75, 3.05) is 13.7 Å². The molecule has 0 saturated carbocycles. The minimum absolute atomic E-state index is 0.141. The summed E-state index contributed by atoms with van der Waals surface area (Å²) >= 11 is 0. The van der Waals surface area contributed by atoms with Crippen LogP contribution in [0, 0.1) is 12.7 Å². The molecule has 0 aliphatic carbocycles. The molecule has 0 aliphatic rings. The average Bonchev–Trinajstić information content (AvgIpc) is 2.17. The highest BCUT2D eigenvalue weighted by molar-refractivity contribution is 5.65. The number of phenolic OH excluding ortho intramolecular Hbond substituents is 1. The highest BCUT2D eigenvalue weighted by Gasteiger charge is 2.14. The Kier molecular flexibility index (Phi) is 3.68. The van der Waals surface area contributed by atoms with Crippen molar-refractivity contribution in [2.45, 2.75) is 6.92 Å². The van der Waals surface area contributed by atoms with Crippen molar-refractivity contribution < 1.29 is 14.2 Å². The molecule has 0 bridgehead atoms. The molecule has 3 nitrogen and oxygen atoms in total. The smallest absolute Gasteiger partial charge is 0.197 e. The zero-order valence-electron chi connectivity index (χ0n) is 8.75. The number of ether oxygens (including phenoxy) is 1. The second-order valence-corrected chi connectivity index (χ2v) is 3.11. The fourth-order valence-corrected chi connectivity index (χ4v) is 1.35. The monoisotopic (exact) mass is 211 g/mol. The number of nitrogens with two attached hydrogens (primary N) is 1. The van der Waals surface area contributed by atoms with Crippen LogP contribution in [0.25, 0.3) is 6.08 Å². The van der Waals surface area contributed by atoms with Crippen LogP contribution in [0.15, 0.2) is 12.1 Å². The van der Waals surface area contributed by atoms with E-state index in [2.05, 4.69) is 0 Å². The highest BCUT2D eigenvalue weighted by Crippen LogP contribution is 2.35. The van der Waals surface area contributed by atoms with E-state index in [-0.39, 0.29) is 11.5 Å². The molecule has 0 aliphatic heterocycles. The third-order valence-electron chi connectivity index (χ3n) is 2.08. The summed E-state index contributed by atoms with van der Waals surface area (Å²) in [5.41, 5.74) is 6.46. The lowest BCUT2D eigenvalue weighted by Gasteiger charge is -2.10. The molecule has 1 rings (SSSR count). The first-order valence-corrected chi connectivity index (χ1v) is 4.54. The number of benzene rings is 1. The predicted octanol–water partition coefficient (Wildman–Crippen LogP) is 1.82. The maximum absolute atomic E-state index is 13.3. The summed E-state index contributed by atoms with van der Waals surface area (Å²) in [5.74, 6) is -0.908. The van der Waals surface area contributed by atoms with E-state index in [1.807, 2.05) is 0 Å². The van der Waals surface area contributed by atoms with Crippen molar-refractivity contribution >= 4 is 6.08 Å². The number of hydrogen-bond acceptors (Lipinski definition) is 3. The van der Waals surface area contributed by atoms with Gasteiger partial charge in [0.1, 0.15) is 0 Å². The summed E-state index contributed by atoms with van der Waals surface area (Å²) < 4.78 is 18.0. The summed E-state index contributed by atoms with van der Waals surface area (Å²) in [6, 6.07) is 1.31. The van der Waals surface area contributed by atoms with Gasteiger partial charge in [0.15, 0.2) is 17.3 Å². The van der Waals surface area contributed by atoms with Crippen molar-refractivity contribution in [3.8, 4) is 11.5 Å². The van der Waals surface area contributed by atoms with Crippen LogP contribution in [0.5, 0.6) is 11.5 Å². The Morgan fingerprint density at radius 3 is 2.80 bits per heavy atom. The van der Waals surface area contributed by atoms with Gasteiger partial charge in [-0.15, -0.1) is 0 Å². The number of aryl methyl sites for hydroxylation is 1. The average molecular weight is 211 g/mol. The predicted molar refractivity (Wildman–Crippen MR) is 57.4 cm³/mol. The number of halogens is 1. The maximum Gasteiger partial charge on any atom is 0.197 e. The summed E-state index contributed by atoms with van der Waals surface area (Å²) in [6.07, 6.45) is 3.33. The molecule has 1 aromatic carbocycles. The molecule has 0 radical (unpaired) electrons. The van der Waals surface area contributed by atoms with Gasteiger partial charge < -0.3 is 15.6 Å². The zero-order valence-corrected chi connectivity index (χ0v) is 8.75. The Balaban J connectivity index is 3.32. The van der Waals surface area contributed by atoms with E-state index in [1.54, 1.807) is 19.1 Å². The molecule has 82 valence electrons. The van der Waals surface area contributed by atoms with E-state index < -0.39 is 5.82 Å². The standard InChI is InChI=1S/C11H14FNO2/c1-7-6-9(12)11(15-2)10(14)8(7)4-3-5-13/h3-4,6,14H,5,13H2,1-2H3/b4-3+. The van der Waals surface area contributed by atoms with E-state index in [0.29, 0.717) is 17.7 Å². The van der Waals surface area contributed by atoms with Crippen molar-refractivity contribution in [2.24, 2.45) is 5.73 Å². The van der Waals surface area contributed by atoms with E-state index >= 15 is 0 Å². The van der Waals surface area contributed by atoms with E-state index in [1.165, 1.54) is 13.2 Å². The van der Waals surface area contributed by atoms with Crippen LogP contribution in [0.4, 0.5) is 4.39 Å². The molecule has 0 atom stereocenters. The van der Waals surface area contributed by atoms with Gasteiger partial charge in [-0.05, 0) is 18.6 Å². The lowest BCUT2D eigenvalue weighted by atomic mass is 10.1. The van der Waals surface area contributed by atoms with Crippen LogP contribution >= 0.6 is 0 Å².